The Morgan fingerprint density at radius 2 is 1.28 bits per heavy atom. The number of ether oxygens (including phenoxy) is 4. The van der Waals surface area contributed by atoms with Crippen molar-refractivity contribution in [1.82, 2.24) is 0 Å². The van der Waals surface area contributed by atoms with Gasteiger partial charge in [-0.15, -0.1) is 0 Å². The van der Waals surface area contributed by atoms with Gasteiger partial charge in [0.05, 0.1) is 11.1 Å². The first-order valence-electron chi connectivity index (χ1n) is 12.7. The van der Waals surface area contributed by atoms with Crippen LogP contribution < -0.4 is 4.74 Å². The van der Waals surface area contributed by atoms with E-state index in [0.29, 0.717) is 18.2 Å². The molecule has 0 aromatic heterocycles. The lowest BCUT2D eigenvalue weighted by molar-refractivity contribution is -0.285. The van der Waals surface area contributed by atoms with E-state index < -0.39 is 141 Å². The lowest BCUT2D eigenvalue weighted by Crippen LogP contribution is -2.60. The second-order valence-corrected chi connectivity index (χ2v) is 9.90. The number of aromatic hydroxyl groups is 8. The molecule has 0 radical (unpaired) electrons. The van der Waals surface area contributed by atoms with Crippen LogP contribution in [0.3, 0.4) is 0 Å². The minimum absolute atomic E-state index is 0.457. The average molecular weight is 650 g/mol. The number of rotatable bonds is 3. The minimum atomic E-state index is -2.07. The zero-order chi connectivity index (χ0) is 33.9. The molecule has 5 rings (SSSR count). The number of carbonyl (C=O) groups is 3. The van der Waals surface area contributed by atoms with Gasteiger partial charge in [0.15, 0.2) is 46.9 Å². The van der Waals surface area contributed by atoms with Crippen molar-refractivity contribution in [2.75, 3.05) is 6.61 Å². The highest BCUT2D eigenvalue weighted by atomic mass is 16.7. The summed E-state index contributed by atoms with van der Waals surface area (Å²) in [5, 5.41) is 123. The van der Waals surface area contributed by atoms with Crippen LogP contribution in [0, 0.1) is 0 Å². The van der Waals surface area contributed by atoms with Crippen LogP contribution in [0.2, 0.25) is 0 Å². The van der Waals surface area contributed by atoms with Gasteiger partial charge >= 0.3 is 17.9 Å². The molecular formula is C27H22O19. The Bertz CT molecular complexity index is 1800. The average Bonchev–Trinajstić information content (AvgIpc) is 3.02. The van der Waals surface area contributed by atoms with Gasteiger partial charge in [0, 0.05) is 23.3 Å². The number of aliphatic hydroxyl groups excluding tert-OH is 3. The Kier molecular flexibility index (Phi) is 7.70. The number of carboxylic acid groups (broad SMARTS) is 1. The smallest absolute Gasteiger partial charge is 0.339 e. The summed E-state index contributed by atoms with van der Waals surface area (Å²) in [5.41, 5.74) is -4.79. The van der Waals surface area contributed by atoms with Crippen molar-refractivity contribution in [3.05, 3.63) is 34.9 Å². The van der Waals surface area contributed by atoms with Gasteiger partial charge in [0.25, 0.3) is 0 Å². The van der Waals surface area contributed by atoms with Crippen molar-refractivity contribution >= 4 is 17.9 Å². The summed E-state index contributed by atoms with van der Waals surface area (Å²) in [7, 11) is 0. The van der Waals surface area contributed by atoms with Crippen LogP contribution in [0.25, 0.3) is 11.1 Å². The van der Waals surface area contributed by atoms with E-state index in [-0.39, 0.29) is 0 Å². The number of esters is 2. The molecule has 5 unspecified atom stereocenters. The highest BCUT2D eigenvalue weighted by molar-refractivity contribution is 6.08. The van der Waals surface area contributed by atoms with Crippen LogP contribution in [0.15, 0.2) is 18.2 Å². The topological polar surface area (TPSA) is 331 Å². The van der Waals surface area contributed by atoms with Crippen LogP contribution >= 0.6 is 0 Å². The number of carbonyl (C=O) groups excluding carboxylic acids is 2. The molecule has 0 bridgehead atoms. The third-order valence-corrected chi connectivity index (χ3v) is 7.11. The summed E-state index contributed by atoms with van der Waals surface area (Å²) in [6, 6.07) is 1.51. The minimum Gasteiger partial charge on any atom is -0.504 e. The number of carboxylic acids is 1. The Balaban J connectivity index is 1.77. The fourth-order valence-corrected chi connectivity index (χ4v) is 4.81. The maximum absolute atomic E-state index is 13.5. The summed E-state index contributed by atoms with van der Waals surface area (Å²) in [5.74, 6) is -17.3. The molecule has 2 aliphatic heterocycles. The van der Waals surface area contributed by atoms with Crippen LogP contribution in [0.5, 0.6) is 57.5 Å². The molecule has 46 heavy (non-hydrogen) atoms. The quantitative estimate of drug-likeness (QED) is 0.127. The molecule has 12 N–H and O–H groups in total. The van der Waals surface area contributed by atoms with E-state index in [4.69, 9.17) is 18.9 Å². The van der Waals surface area contributed by atoms with E-state index in [1.54, 1.807) is 0 Å². The van der Waals surface area contributed by atoms with Crippen LogP contribution in [-0.4, -0.2) is 116 Å². The lowest BCUT2D eigenvalue weighted by Gasteiger charge is -2.39. The van der Waals surface area contributed by atoms with Gasteiger partial charge < -0.3 is 80.2 Å². The molecule has 0 spiro atoms. The molecule has 244 valence electrons. The Morgan fingerprint density at radius 1 is 0.717 bits per heavy atom. The molecule has 19 nitrogen and oxygen atoms in total. The summed E-state index contributed by atoms with van der Waals surface area (Å²) >= 11 is 0. The van der Waals surface area contributed by atoms with Gasteiger partial charge in [0.1, 0.15) is 30.5 Å². The predicted molar refractivity (Wildman–Crippen MR) is 141 cm³/mol. The third-order valence-electron chi connectivity index (χ3n) is 7.11. The first kappa shape index (κ1) is 31.5. The second-order valence-electron chi connectivity index (χ2n) is 9.90. The van der Waals surface area contributed by atoms with Crippen molar-refractivity contribution in [2.45, 2.75) is 30.7 Å². The van der Waals surface area contributed by atoms with Crippen molar-refractivity contribution in [2.24, 2.45) is 0 Å². The van der Waals surface area contributed by atoms with E-state index in [0.717, 1.165) is 0 Å². The predicted octanol–water partition coefficient (Wildman–Crippen LogP) is -0.376. The summed E-state index contributed by atoms with van der Waals surface area (Å²) < 4.78 is 20.7. The Hall–Kier alpha value is -5.89. The standard InChI is InChI=1S/C27H22O19/c28-8-1-5-12(17(33)14(8)30)13-6(25(40)43-4-11-23(46-26(5)41)20(36)21(37)27(42)45-11)3-10(16(32)18(13)34)44-22-7(24(38)39)2-9(29)15(31)19(22)35/h1-3,11,20-21,23,27-37,42H,4H2,(H,38,39). The highest BCUT2D eigenvalue weighted by Gasteiger charge is 2.48. The lowest BCUT2D eigenvalue weighted by atomic mass is 9.91. The first-order valence-corrected chi connectivity index (χ1v) is 12.7. The number of phenols is 8. The Labute approximate surface area is 253 Å². The molecule has 19 heteroatoms. The van der Waals surface area contributed by atoms with Crippen molar-refractivity contribution in [3.8, 4) is 68.6 Å². The monoisotopic (exact) mass is 650 g/mol. The van der Waals surface area contributed by atoms with E-state index in [1.807, 2.05) is 0 Å². The van der Waals surface area contributed by atoms with Crippen LogP contribution in [-0.2, 0) is 14.2 Å². The number of cyclic esters (lactones) is 1. The number of phenolic OH excluding ortho intramolecular Hbond substituents is 8. The number of hydrogen-bond donors (Lipinski definition) is 12. The van der Waals surface area contributed by atoms with Crippen LogP contribution in [0.1, 0.15) is 31.1 Å². The van der Waals surface area contributed by atoms with Gasteiger partial charge in [-0.05, 0) is 6.07 Å². The molecule has 0 amide bonds. The number of aromatic carboxylic acids is 1. The SMILES string of the molecule is O=C(O)c1cc(O)c(O)c(O)c1Oc1cc2c(c(O)c1O)-c1c(cc(O)c(O)c1O)C(=O)OC1C(COC2=O)OC(O)C(O)C1O. The number of hydrogen-bond acceptors (Lipinski definition) is 18. The number of aliphatic hydroxyl groups is 3. The number of fused-ring (bicyclic) bond motifs is 4. The van der Waals surface area contributed by atoms with Gasteiger partial charge in [0.2, 0.25) is 23.0 Å². The molecule has 3 aromatic rings. The molecule has 0 saturated carbocycles. The highest BCUT2D eigenvalue weighted by Crippen LogP contribution is 2.55. The third kappa shape index (κ3) is 4.94. The van der Waals surface area contributed by atoms with E-state index in [9.17, 15) is 75.7 Å². The van der Waals surface area contributed by atoms with Crippen molar-refractivity contribution < 1.29 is 94.6 Å². The molecule has 3 aromatic carbocycles. The van der Waals surface area contributed by atoms with Crippen molar-refractivity contribution in [1.29, 1.82) is 0 Å². The number of benzene rings is 3. The molecule has 1 saturated heterocycles. The van der Waals surface area contributed by atoms with Gasteiger partial charge in [-0.1, -0.05) is 0 Å². The van der Waals surface area contributed by atoms with Crippen LogP contribution in [0.4, 0.5) is 0 Å². The summed E-state index contributed by atoms with van der Waals surface area (Å²) in [4.78, 5) is 38.6. The van der Waals surface area contributed by atoms with Gasteiger partial charge in [-0.3, -0.25) is 0 Å². The fraction of sp³-hybridized carbons (Fsp3) is 0.222. The van der Waals surface area contributed by atoms with E-state index in [2.05, 4.69) is 0 Å². The molecule has 5 atom stereocenters. The van der Waals surface area contributed by atoms with Gasteiger partial charge in [-0.2, -0.15) is 0 Å². The zero-order valence-electron chi connectivity index (χ0n) is 22.6. The molecule has 0 aliphatic carbocycles. The molecule has 1 fully saturated rings. The largest absolute Gasteiger partial charge is 0.504 e. The van der Waals surface area contributed by atoms with E-state index in [1.165, 1.54) is 0 Å². The fourth-order valence-electron chi connectivity index (χ4n) is 4.81. The van der Waals surface area contributed by atoms with Gasteiger partial charge in [-0.25, -0.2) is 14.4 Å². The zero-order valence-corrected chi connectivity index (χ0v) is 22.6. The normalized spacial score (nSPS) is 22.7. The van der Waals surface area contributed by atoms with E-state index >= 15 is 0 Å². The molecule has 2 heterocycles. The maximum Gasteiger partial charge on any atom is 0.339 e. The first-order chi connectivity index (χ1) is 21.5. The summed E-state index contributed by atoms with van der Waals surface area (Å²) in [6.07, 6.45) is -9.73. The molecule has 2 aliphatic rings. The van der Waals surface area contributed by atoms with Crippen molar-refractivity contribution in [3.63, 3.8) is 0 Å². The molecular weight excluding hydrogens is 628 g/mol. The Morgan fingerprint density at radius 3 is 1.91 bits per heavy atom. The maximum atomic E-state index is 13.5. The summed E-state index contributed by atoms with van der Waals surface area (Å²) in [6.45, 7) is -0.941. The second kappa shape index (κ2) is 11.2.